The van der Waals surface area contributed by atoms with E-state index in [-0.39, 0.29) is 18.2 Å². The van der Waals surface area contributed by atoms with Gasteiger partial charge in [-0.25, -0.2) is 17.5 Å². The fourth-order valence-corrected chi connectivity index (χ4v) is 3.22. The first-order chi connectivity index (χ1) is 9.17. The summed E-state index contributed by atoms with van der Waals surface area (Å²) in [5.41, 5.74) is 6.30. The van der Waals surface area contributed by atoms with E-state index in [0.29, 0.717) is 12.0 Å². The smallest absolute Gasteiger partial charge is 0.243 e. The van der Waals surface area contributed by atoms with Crippen molar-refractivity contribution in [3.63, 3.8) is 0 Å². The van der Waals surface area contributed by atoms with E-state index in [1.54, 1.807) is 6.92 Å². The molecule has 0 fully saturated rings. The van der Waals surface area contributed by atoms with Crippen LogP contribution < -0.4 is 10.5 Å². The number of nitrogen functional groups attached to an aromatic ring is 1. The van der Waals surface area contributed by atoms with E-state index in [0.717, 1.165) is 12.1 Å². The number of sulfonamides is 1. The highest BCUT2D eigenvalue weighted by Crippen LogP contribution is 2.22. The fourth-order valence-electron chi connectivity index (χ4n) is 1.89. The number of aliphatic hydroxyl groups excluding tert-OH is 1. The molecule has 4 N–H and O–H groups in total. The molecule has 0 saturated heterocycles. The monoisotopic (exact) mass is 304 g/mol. The Kier molecular flexibility index (Phi) is 5.50. The van der Waals surface area contributed by atoms with Crippen molar-refractivity contribution in [2.24, 2.45) is 5.92 Å². The molecule has 5 nitrogen and oxygen atoms in total. The van der Waals surface area contributed by atoms with E-state index in [1.165, 1.54) is 0 Å². The molecule has 0 heterocycles. The van der Waals surface area contributed by atoms with Gasteiger partial charge in [-0.15, -0.1) is 0 Å². The molecule has 0 aliphatic rings. The Labute approximate surface area is 119 Å². The van der Waals surface area contributed by atoms with E-state index < -0.39 is 26.8 Å². The van der Waals surface area contributed by atoms with Crippen LogP contribution >= 0.6 is 0 Å². The van der Waals surface area contributed by atoms with Crippen LogP contribution in [0.2, 0.25) is 0 Å². The van der Waals surface area contributed by atoms with Gasteiger partial charge in [-0.3, -0.25) is 0 Å². The standard InChI is InChI=1S/C13H21FN2O3S/c1-8(2)4-10(7-17)16-20(18,19)13-6-12(15)9(3)5-11(13)14/h5-6,8,10,16-17H,4,7,15H2,1-3H3. The van der Waals surface area contributed by atoms with Gasteiger partial charge in [0.25, 0.3) is 0 Å². The molecule has 20 heavy (non-hydrogen) atoms. The van der Waals surface area contributed by atoms with Gasteiger partial charge in [-0.2, -0.15) is 0 Å². The summed E-state index contributed by atoms with van der Waals surface area (Å²) in [6.45, 7) is 5.06. The van der Waals surface area contributed by atoms with Crippen LogP contribution in [-0.4, -0.2) is 26.2 Å². The van der Waals surface area contributed by atoms with Crippen molar-refractivity contribution >= 4 is 15.7 Å². The second kappa shape index (κ2) is 6.51. The van der Waals surface area contributed by atoms with Crippen LogP contribution in [-0.2, 0) is 10.0 Å². The molecule has 1 atom stereocenters. The molecule has 0 amide bonds. The lowest BCUT2D eigenvalue weighted by Gasteiger charge is -2.19. The third-order valence-corrected chi connectivity index (χ3v) is 4.44. The van der Waals surface area contributed by atoms with Crippen LogP contribution in [0.5, 0.6) is 0 Å². The highest BCUT2D eigenvalue weighted by Gasteiger charge is 2.24. The summed E-state index contributed by atoms with van der Waals surface area (Å²) in [7, 11) is -4.05. The maximum Gasteiger partial charge on any atom is 0.243 e. The number of aryl methyl sites for hydroxylation is 1. The molecule has 7 heteroatoms. The molecule has 0 aliphatic carbocycles. The number of nitrogens with two attached hydrogens (primary N) is 1. The predicted molar refractivity (Wildman–Crippen MR) is 76.2 cm³/mol. The Balaban J connectivity index is 3.08. The molecule has 0 bridgehead atoms. The third-order valence-electron chi connectivity index (χ3n) is 2.91. The molecular weight excluding hydrogens is 283 g/mol. The Morgan fingerprint density at radius 1 is 1.40 bits per heavy atom. The van der Waals surface area contributed by atoms with E-state index in [1.807, 2.05) is 13.8 Å². The van der Waals surface area contributed by atoms with Gasteiger partial charge in [0.1, 0.15) is 10.7 Å². The lowest BCUT2D eigenvalue weighted by molar-refractivity contribution is 0.240. The minimum Gasteiger partial charge on any atom is -0.398 e. The maximum absolute atomic E-state index is 13.8. The first kappa shape index (κ1) is 16.9. The first-order valence-electron chi connectivity index (χ1n) is 6.36. The average molecular weight is 304 g/mol. The van der Waals surface area contributed by atoms with Gasteiger partial charge < -0.3 is 10.8 Å². The number of aliphatic hydroxyl groups is 1. The first-order valence-corrected chi connectivity index (χ1v) is 7.84. The van der Waals surface area contributed by atoms with Crippen LogP contribution in [0.15, 0.2) is 17.0 Å². The van der Waals surface area contributed by atoms with Crippen LogP contribution in [0.4, 0.5) is 10.1 Å². The van der Waals surface area contributed by atoms with E-state index in [2.05, 4.69) is 4.72 Å². The zero-order valence-electron chi connectivity index (χ0n) is 11.9. The number of rotatable bonds is 6. The van der Waals surface area contributed by atoms with Gasteiger partial charge >= 0.3 is 0 Å². The summed E-state index contributed by atoms with van der Waals surface area (Å²) in [6, 6.07) is 1.53. The normalized spacial score (nSPS) is 13.7. The summed E-state index contributed by atoms with van der Waals surface area (Å²) < 4.78 is 40.4. The highest BCUT2D eigenvalue weighted by molar-refractivity contribution is 7.89. The quantitative estimate of drug-likeness (QED) is 0.693. The van der Waals surface area contributed by atoms with Crippen molar-refractivity contribution in [1.29, 1.82) is 0 Å². The van der Waals surface area contributed by atoms with Gasteiger partial charge in [0.2, 0.25) is 10.0 Å². The number of hydrogen-bond acceptors (Lipinski definition) is 4. The molecule has 0 spiro atoms. The molecule has 1 unspecified atom stereocenters. The Hall–Kier alpha value is -1.18. The van der Waals surface area contributed by atoms with Crippen LogP contribution in [0, 0.1) is 18.7 Å². The van der Waals surface area contributed by atoms with Gasteiger partial charge in [0, 0.05) is 11.7 Å². The largest absolute Gasteiger partial charge is 0.398 e. The number of nitrogens with one attached hydrogen (secondary N) is 1. The molecule has 1 rings (SSSR count). The summed E-state index contributed by atoms with van der Waals surface area (Å²) in [6.07, 6.45) is 0.457. The molecule has 114 valence electrons. The Morgan fingerprint density at radius 3 is 2.50 bits per heavy atom. The third kappa shape index (κ3) is 4.16. The van der Waals surface area contributed by atoms with Crippen LogP contribution in [0.3, 0.4) is 0 Å². The van der Waals surface area contributed by atoms with Gasteiger partial charge in [0.05, 0.1) is 6.61 Å². The topological polar surface area (TPSA) is 92.4 Å². The second-order valence-corrected chi connectivity index (χ2v) is 6.95. The number of benzene rings is 1. The minimum absolute atomic E-state index is 0.197. The number of hydrogen-bond donors (Lipinski definition) is 3. The fraction of sp³-hybridized carbons (Fsp3) is 0.538. The predicted octanol–water partition coefficient (Wildman–Crippen LogP) is 1.40. The lowest BCUT2D eigenvalue weighted by Crippen LogP contribution is -2.38. The molecule has 0 radical (unpaired) electrons. The zero-order valence-corrected chi connectivity index (χ0v) is 12.7. The van der Waals surface area contributed by atoms with Crippen molar-refractivity contribution in [1.82, 2.24) is 4.72 Å². The molecule has 1 aromatic carbocycles. The van der Waals surface area contributed by atoms with E-state index >= 15 is 0 Å². The lowest BCUT2D eigenvalue weighted by atomic mass is 10.1. The Morgan fingerprint density at radius 2 is 2.00 bits per heavy atom. The second-order valence-electron chi connectivity index (χ2n) is 5.27. The van der Waals surface area contributed by atoms with Crippen LogP contribution in [0.1, 0.15) is 25.8 Å². The van der Waals surface area contributed by atoms with Gasteiger partial charge in [-0.1, -0.05) is 13.8 Å². The molecule has 0 aromatic heterocycles. The van der Waals surface area contributed by atoms with Gasteiger partial charge in [-0.05, 0) is 37.0 Å². The molecular formula is C13H21FN2O3S. The molecule has 1 aromatic rings. The molecule has 0 saturated carbocycles. The summed E-state index contributed by atoms with van der Waals surface area (Å²) >= 11 is 0. The van der Waals surface area contributed by atoms with Crippen molar-refractivity contribution in [3.8, 4) is 0 Å². The average Bonchev–Trinajstić information content (AvgIpc) is 2.31. The Bertz CT molecular complexity index is 573. The zero-order chi connectivity index (χ0) is 15.5. The minimum atomic E-state index is -4.05. The van der Waals surface area contributed by atoms with Crippen molar-refractivity contribution in [3.05, 3.63) is 23.5 Å². The van der Waals surface area contributed by atoms with E-state index in [9.17, 15) is 17.9 Å². The molecule has 0 aliphatic heterocycles. The van der Waals surface area contributed by atoms with Crippen molar-refractivity contribution in [2.75, 3.05) is 12.3 Å². The number of halogens is 1. The number of anilines is 1. The SMILES string of the molecule is Cc1cc(F)c(S(=O)(=O)NC(CO)CC(C)C)cc1N. The van der Waals surface area contributed by atoms with Crippen molar-refractivity contribution < 1.29 is 17.9 Å². The van der Waals surface area contributed by atoms with E-state index in [4.69, 9.17) is 5.73 Å². The summed E-state index contributed by atoms with van der Waals surface area (Å²) in [4.78, 5) is -0.497. The van der Waals surface area contributed by atoms with Gasteiger partial charge in [0.15, 0.2) is 0 Å². The summed E-state index contributed by atoms with van der Waals surface area (Å²) in [5, 5.41) is 9.21. The summed E-state index contributed by atoms with van der Waals surface area (Å²) in [5.74, 6) is -0.659. The highest BCUT2D eigenvalue weighted by atomic mass is 32.2. The maximum atomic E-state index is 13.8. The van der Waals surface area contributed by atoms with Crippen LogP contribution in [0.25, 0.3) is 0 Å². The van der Waals surface area contributed by atoms with Crippen molar-refractivity contribution in [2.45, 2.75) is 38.1 Å².